The van der Waals surface area contributed by atoms with Gasteiger partial charge in [-0.1, -0.05) is 54.6 Å². The lowest BCUT2D eigenvalue weighted by Gasteiger charge is -2.11. The molecule has 0 atom stereocenters. The van der Waals surface area contributed by atoms with Crippen molar-refractivity contribution in [1.29, 1.82) is 0 Å². The average Bonchev–Trinajstić information content (AvgIpc) is 3.06. The molecule has 154 valence electrons. The quantitative estimate of drug-likeness (QED) is 0.378. The van der Waals surface area contributed by atoms with Crippen LogP contribution in [-0.4, -0.2) is 22.7 Å². The van der Waals surface area contributed by atoms with Gasteiger partial charge in [0.15, 0.2) is 0 Å². The predicted molar refractivity (Wildman–Crippen MR) is 123 cm³/mol. The van der Waals surface area contributed by atoms with E-state index in [0.29, 0.717) is 11.1 Å². The minimum atomic E-state index is -0.278. The lowest BCUT2D eigenvalue weighted by atomic mass is 10.0. The molecule has 6 heteroatoms. The summed E-state index contributed by atoms with van der Waals surface area (Å²) in [6.45, 7) is 3.77. The van der Waals surface area contributed by atoms with E-state index in [0.717, 1.165) is 27.7 Å². The maximum atomic E-state index is 12.6. The molecule has 1 heterocycles. The number of nitrogens with one attached hydrogen (secondary N) is 2. The molecule has 0 aliphatic rings. The second-order valence-electron chi connectivity index (χ2n) is 7.19. The normalized spacial score (nSPS) is 11.0. The third kappa shape index (κ3) is 4.23. The Hall–Kier alpha value is -4.19. The summed E-state index contributed by atoms with van der Waals surface area (Å²) in [6.07, 6.45) is 1.58. The molecule has 0 unspecified atom stereocenters. The summed E-state index contributed by atoms with van der Waals surface area (Å²) in [4.78, 5) is 25.1. The molecule has 4 rings (SSSR count). The second kappa shape index (κ2) is 8.67. The molecule has 0 spiro atoms. The first-order valence-corrected chi connectivity index (χ1v) is 9.91. The van der Waals surface area contributed by atoms with Gasteiger partial charge in [0.2, 0.25) is 0 Å². The minimum absolute atomic E-state index is 0.199. The molecule has 0 aliphatic heterocycles. The Labute approximate surface area is 180 Å². The maximum Gasteiger partial charge on any atom is 0.271 e. The first kappa shape index (κ1) is 20.1. The summed E-state index contributed by atoms with van der Waals surface area (Å²) in [7, 11) is 0. The molecule has 2 amide bonds. The minimum Gasteiger partial charge on any atom is -0.267 e. The molecule has 6 nitrogen and oxygen atoms in total. The molecule has 4 aromatic rings. The molecular formula is C25H22N4O2. The summed E-state index contributed by atoms with van der Waals surface area (Å²) in [6, 6.07) is 24.2. The third-order valence-corrected chi connectivity index (χ3v) is 5.12. The van der Waals surface area contributed by atoms with Crippen LogP contribution in [0.5, 0.6) is 0 Å². The number of hydrogen-bond donors (Lipinski definition) is 2. The molecule has 0 bridgehead atoms. The van der Waals surface area contributed by atoms with Crippen molar-refractivity contribution < 1.29 is 9.59 Å². The van der Waals surface area contributed by atoms with Crippen LogP contribution in [-0.2, 0) is 0 Å². The molecule has 0 fully saturated rings. The van der Waals surface area contributed by atoms with Crippen molar-refractivity contribution in [3.8, 4) is 0 Å². The van der Waals surface area contributed by atoms with Gasteiger partial charge in [-0.25, -0.2) is 5.43 Å². The highest BCUT2D eigenvalue weighted by atomic mass is 16.2. The van der Waals surface area contributed by atoms with E-state index >= 15 is 0 Å². The van der Waals surface area contributed by atoms with E-state index in [1.54, 1.807) is 29.1 Å². The van der Waals surface area contributed by atoms with Gasteiger partial charge in [-0.3, -0.25) is 19.7 Å². The zero-order valence-electron chi connectivity index (χ0n) is 17.3. The SMILES string of the molecule is Cc1cc(/C=N\NC(=O)c2cccc3ccccc23)c(C)n1NC(=O)c1ccccc1. The smallest absolute Gasteiger partial charge is 0.267 e. The number of hydrogen-bond acceptors (Lipinski definition) is 3. The number of hydrazone groups is 1. The van der Waals surface area contributed by atoms with E-state index in [-0.39, 0.29) is 11.8 Å². The van der Waals surface area contributed by atoms with Gasteiger partial charge >= 0.3 is 0 Å². The first-order chi connectivity index (χ1) is 15.0. The Balaban J connectivity index is 1.49. The largest absolute Gasteiger partial charge is 0.271 e. The van der Waals surface area contributed by atoms with Crippen molar-refractivity contribution in [3.63, 3.8) is 0 Å². The molecule has 0 radical (unpaired) electrons. The van der Waals surface area contributed by atoms with Crippen molar-refractivity contribution in [2.75, 3.05) is 5.43 Å². The molecule has 2 N–H and O–H groups in total. The number of fused-ring (bicyclic) bond motifs is 1. The van der Waals surface area contributed by atoms with Crippen molar-refractivity contribution in [1.82, 2.24) is 10.1 Å². The Bertz CT molecular complexity index is 1280. The van der Waals surface area contributed by atoms with Gasteiger partial charge < -0.3 is 0 Å². The number of amides is 2. The topological polar surface area (TPSA) is 75.5 Å². The Morgan fingerprint density at radius 3 is 2.39 bits per heavy atom. The monoisotopic (exact) mass is 410 g/mol. The van der Waals surface area contributed by atoms with Gasteiger partial charge in [-0.05, 0) is 48.9 Å². The van der Waals surface area contributed by atoms with Gasteiger partial charge in [0.25, 0.3) is 11.8 Å². The third-order valence-electron chi connectivity index (χ3n) is 5.12. The van der Waals surface area contributed by atoms with E-state index in [4.69, 9.17) is 0 Å². The number of nitrogens with zero attached hydrogens (tertiary/aromatic N) is 2. The summed E-state index contributed by atoms with van der Waals surface area (Å²) >= 11 is 0. The van der Waals surface area contributed by atoms with E-state index in [9.17, 15) is 9.59 Å². The lowest BCUT2D eigenvalue weighted by molar-refractivity contribution is 0.0955. The summed E-state index contributed by atoms with van der Waals surface area (Å²) < 4.78 is 1.71. The van der Waals surface area contributed by atoms with Crippen LogP contribution in [0.2, 0.25) is 0 Å². The molecule has 0 aliphatic carbocycles. The molecule has 31 heavy (non-hydrogen) atoms. The zero-order chi connectivity index (χ0) is 21.8. The number of aromatic nitrogens is 1. The number of rotatable bonds is 5. The Morgan fingerprint density at radius 2 is 1.58 bits per heavy atom. The number of benzene rings is 3. The van der Waals surface area contributed by atoms with Crippen molar-refractivity contribution >= 4 is 28.8 Å². The van der Waals surface area contributed by atoms with E-state index in [1.165, 1.54) is 0 Å². The molecule has 0 saturated heterocycles. The standard InChI is InChI=1S/C25H22N4O2/c1-17-15-21(18(2)29(17)28-24(30)20-10-4-3-5-11-20)16-26-27-25(31)23-14-8-12-19-9-6-7-13-22(19)23/h3-16H,1-2H3,(H,27,31)(H,28,30)/b26-16-. The summed E-state index contributed by atoms with van der Waals surface area (Å²) in [5.41, 5.74) is 9.08. The number of carbonyl (C=O) groups is 2. The fourth-order valence-corrected chi connectivity index (χ4v) is 3.49. The number of aryl methyl sites for hydroxylation is 1. The van der Waals surface area contributed by atoms with Gasteiger partial charge in [0.05, 0.1) is 6.21 Å². The fourth-order valence-electron chi connectivity index (χ4n) is 3.49. The van der Waals surface area contributed by atoms with Crippen LogP contribution in [0.3, 0.4) is 0 Å². The summed E-state index contributed by atoms with van der Waals surface area (Å²) in [5, 5.41) is 6.00. The van der Waals surface area contributed by atoms with Gasteiger partial charge in [-0.2, -0.15) is 5.10 Å². The highest BCUT2D eigenvalue weighted by Crippen LogP contribution is 2.18. The average molecular weight is 410 g/mol. The van der Waals surface area contributed by atoms with Crippen LogP contribution < -0.4 is 10.9 Å². The summed E-state index contributed by atoms with van der Waals surface area (Å²) in [5.74, 6) is -0.477. The molecule has 1 aromatic heterocycles. The molecule has 0 saturated carbocycles. The van der Waals surface area contributed by atoms with Crippen LogP contribution in [0.4, 0.5) is 0 Å². The lowest BCUT2D eigenvalue weighted by Crippen LogP contribution is -2.24. The van der Waals surface area contributed by atoms with E-state index in [2.05, 4.69) is 16.0 Å². The second-order valence-corrected chi connectivity index (χ2v) is 7.19. The highest BCUT2D eigenvalue weighted by molar-refractivity contribution is 6.07. The first-order valence-electron chi connectivity index (χ1n) is 9.91. The van der Waals surface area contributed by atoms with Crippen molar-refractivity contribution in [2.45, 2.75) is 13.8 Å². The maximum absolute atomic E-state index is 12.6. The molecular weight excluding hydrogens is 388 g/mol. The van der Waals surface area contributed by atoms with Gasteiger partial charge in [-0.15, -0.1) is 0 Å². The van der Waals surface area contributed by atoms with Crippen LogP contribution in [0, 0.1) is 13.8 Å². The fraction of sp³-hybridized carbons (Fsp3) is 0.0800. The van der Waals surface area contributed by atoms with Gasteiger partial charge in [0.1, 0.15) is 0 Å². The molecule has 3 aromatic carbocycles. The van der Waals surface area contributed by atoms with E-state index < -0.39 is 0 Å². The van der Waals surface area contributed by atoms with Crippen LogP contribution in [0.15, 0.2) is 84.0 Å². The Kier molecular flexibility index (Phi) is 5.62. The zero-order valence-corrected chi connectivity index (χ0v) is 17.3. The van der Waals surface area contributed by atoms with Crippen LogP contribution >= 0.6 is 0 Å². The van der Waals surface area contributed by atoms with Gasteiger partial charge in [0, 0.05) is 28.1 Å². The highest BCUT2D eigenvalue weighted by Gasteiger charge is 2.12. The van der Waals surface area contributed by atoms with Crippen LogP contribution in [0.25, 0.3) is 10.8 Å². The number of carbonyl (C=O) groups excluding carboxylic acids is 2. The van der Waals surface area contributed by atoms with E-state index in [1.807, 2.05) is 74.5 Å². The van der Waals surface area contributed by atoms with Crippen molar-refractivity contribution in [3.05, 3.63) is 107 Å². The predicted octanol–water partition coefficient (Wildman–Crippen LogP) is 4.41. The Morgan fingerprint density at radius 1 is 0.871 bits per heavy atom. The van der Waals surface area contributed by atoms with Crippen molar-refractivity contribution in [2.24, 2.45) is 5.10 Å². The van der Waals surface area contributed by atoms with Crippen LogP contribution in [0.1, 0.15) is 37.7 Å².